The Kier molecular flexibility index (Phi) is 4.59. The summed E-state index contributed by atoms with van der Waals surface area (Å²) in [4.78, 5) is 0. The second-order valence-electron chi connectivity index (χ2n) is 6.15. The van der Waals surface area contributed by atoms with Crippen LogP contribution in [0.3, 0.4) is 0 Å². The normalized spacial score (nSPS) is 15.3. The minimum absolute atomic E-state index is 0.448. The quantitative estimate of drug-likeness (QED) is 0.740. The van der Waals surface area contributed by atoms with Crippen LogP contribution < -0.4 is 4.74 Å². The van der Waals surface area contributed by atoms with Crippen LogP contribution in [0.1, 0.15) is 42.4 Å². The average Bonchev–Trinajstić information content (AvgIpc) is 3.01. The molecule has 1 aliphatic rings. The van der Waals surface area contributed by atoms with Crippen LogP contribution in [0.5, 0.6) is 5.75 Å². The van der Waals surface area contributed by atoms with Crippen molar-refractivity contribution in [2.75, 3.05) is 0 Å². The number of ether oxygens (including phenoxy) is 1. The summed E-state index contributed by atoms with van der Waals surface area (Å²) < 4.78 is 6.01. The fourth-order valence-electron chi connectivity index (χ4n) is 2.98. The highest BCUT2D eigenvalue weighted by Gasteiger charge is 2.16. The maximum atomic E-state index is 6.01. The molecule has 0 saturated heterocycles. The predicted molar refractivity (Wildman–Crippen MR) is 87.9 cm³/mol. The van der Waals surface area contributed by atoms with Crippen molar-refractivity contribution >= 4 is 0 Å². The van der Waals surface area contributed by atoms with E-state index in [1.807, 2.05) is 0 Å². The highest BCUT2D eigenvalue weighted by atomic mass is 16.5. The summed E-state index contributed by atoms with van der Waals surface area (Å²) in [6.45, 7) is 2.13. The van der Waals surface area contributed by atoms with Crippen LogP contribution in [0, 0.1) is 6.92 Å². The Morgan fingerprint density at radius 1 is 0.810 bits per heavy atom. The lowest BCUT2D eigenvalue weighted by atomic mass is 10.0. The molecule has 0 aromatic heterocycles. The molecule has 0 unspecified atom stereocenters. The largest absolute Gasteiger partial charge is 0.490 e. The molecule has 0 N–H and O–H groups in total. The first-order valence-electron chi connectivity index (χ1n) is 8.11. The lowest BCUT2D eigenvalue weighted by Gasteiger charge is -2.13. The highest BCUT2D eigenvalue weighted by molar-refractivity contribution is 5.29. The van der Waals surface area contributed by atoms with Crippen molar-refractivity contribution < 1.29 is 4.74 Å². The standard InChI is InChI=1S/C20H24O/c1-16-6-8-17(9-7-16)10-11-18-12-14-20(15-13-18)21-19-4-2-3-5-19/h6-9,12-15,19H,2-5,10-11H2,1H3. The van der Waals surface area contributed by atoms with Crippen LogP contribution in [0.2, 0.25) is 0 Å². The Labute approximate surface area is 128 Å². The third-order valence-corrected chi connectivity index (χ3v) is 4.35. The van der Waals surface area contributed by atoms with Crippen LogP contribution in [0.15, 0.2) is 48.5 Å². The van der Waals surface area contributed by atoms with E-state index in [0.29, 0.717) is 6.10 Å². The molecule has 0 heterocycles. The second kappa shape index (κ2) is 6.80. The number of rotatable bonds is 5. The van der Waals surface area contributed by atoms with E-state index in [0.717, 1.165) is 18.6 Å². The van der Waals surface area contributed by atoms with Crippen molar-refractivity contribution in [3.05, 3.63) is 65.2 Å². The Bertz CT molecular complexity index is 547. The van der Waals surface area contributed by atoms with E-state index in [4.69, 9.17) is 4.74 Å². The molecule has 3 rings (SSSR count). The first kappa shape index (κ1) is 14.2. The maximum Gasteiger partial charge on any atom is 0.119 e. The fraction of sp³-hybridized carbons (Fsp3) is 0.400. The number of hydrogen-bond acceptors (Lipinski definition) is 1. The van der Waals surface area contributed by atoms with Gasteiger partial charge in [-0.25, -0.2) is 0 Å². The van der Waals surface area contributed by atoms with Crippen molar-refractivity contribution in [1.29, 1.82) is 0 Å². The van der Waals surface area contributed by atoms with Crippen molar-refractivity contribution in [2.24, 2.45) is 0 Å². The average molecular weight is 280 g/mol. The fourth-order valence-corrected chi connectivity index (χ4v) is 2.98. The summed E-state index contributed by atoms with van der Waals surface area (Å²) in [7, 11) is 0. The molecule has 2 aromatic carbocycles. The van der Waals surface area contributed by atoms with Gasteiger partial charge >= 0.3 is 0 Å². The minimum Gasteiger partial charge on any atom is -0.490 e. The molecule has 0 spiro atoms. The predicted octanol–water partition coefficient (Wildman–Crippen LogP) is 5.10. The lowest BCUT2D eigenvalue weighted by molar-refractivity contribution is 0.210. The molecule has 1 aliphatic carbocycles. The molecule has 0 aliphatic heterocycles. The van der Waals surface area contributed by atoms with Crippen molar-refractivity contribution in [3.63, 3.8) is 0 Å². The Morgan fingerprint density at radius 2 is 1.33 bits per heavy atom. The van der Waals surface area contributed by atoms with E-state index in [9.17, 15) is 0 Å². The summed E-state index contributed by atoms with van der Waals surface area (Å²) in [5.74, 6) is 1.03. The SMILES string of the molecule is Cc1ccc(CCc2ccc(OC3CCCC3)cc2)cc1. The van der Waals surface area contributed by atoms with Gasteiger partial charge in [0.1, 0.15) is 5.75 Å². The molecule has 1 saturated carbocycles. The van der Waals surface area contributed by atoms with E-state index in [1.165, 1.54) is 42.4 Å². The van der Waals surface area contributed by atoms with Gasteiger partial charge in [-0.3, -0.25) is 0 Å². The highest BCUT2D eigenvalue weighted by Crippen LogP contribution is 2.24. The van der Waals surface area contributed by atoms with Crippen LogP contribution >= 0.6 is 0 Å². The van der Waals surface area contributed by atoms with Crippen LogP contribution in [0.25, 0.3) is 0 Å². The molecule has 110 valence electrons. The lowest BCUT2D eigenvalue weighted by Crippen LogP contribution is -2.10. The maximum absolute atomic E-state index is 6.01. The zero-order valence-corrected chi connectivity index (χ0v) is 12.8. The van der Waals surface area contributed by atoms with E-state index >= 15 is 0 Å². The number of benzene rings is 2. The monoisotopic (exact) mass is 280 g/mol. The smallest absolute Gasteiger partial charge is 0.119 e. The van der Waals surface area contributed by atoms with E-state index in [1.54, 1.807) is 0 Å². The van der Waals surface area contributed by atoms with E-state index < -0.39 is 0 Å². The Morgan fingerprint density at radius 3 is 1.90 bits per heavy atom. The van der Waals surface area contributed by atoms with Gasteiger partial charge in [-0.15, -0.1) is 0 Å². The number of aryl methyl sites for hydroxylation is 3. The zero-order chi connectivity index (χ0) is 14.5. The molecular formula is C20H24O. The third kappa shape index (κ3) is 4.10. The summed E-state index contributed by atoms with van der Waals surface area (Å²) in [5.41, 5.74) is 4.12. The third-order valence-electron chi connectivity index (χ3n) is 4.35. The summed E-state index contributed by atoms with van der Waals surface area (Å²) in [6.07, 6.45) is 7.71. The zero-order valence-electron chi connectivity index (χ0n) is 12.8. The summed E-state index contributed by atoms with van der Waals surface area (Å²) in [5, 5.41) is 0. The second-order valence-corrected chi connectivity index (χ2v) is 6.15. The van der Waals surface area contributed by atoms with Gasteiger partial charge in [0.25, 0.3) is 0 Å². The number of hydrogen-bond donors (Lipinski definition) is 0. The van der Waals surface area contributed by atoms with Gasteiger partial charge in [0.2, 0.25) is 0 Å². The van der Waals surface area contributed by atoms with Crippen molar-refractivity contribution in [2.45, 2.75) is 51.6 Å². The topological polar surface area (TPSA) is 9.23 Å². The van der Waals surface area contributed by atoms with Gasteiger partial charge < -0.3 is 4.74 Å². The Balaban J connectivity index is 1.52. The molecular weight excluding hydrogens is 256 g/mol. The molecule has 21 heavy (non-hydrogen) atoms. The van der Waals surface area contributed by atoms with E-state index in [-0.39, 0.29) is 0 Å². The first-order chi connectivity index (χ1) is 10.3. The van der Waals surface area contributed by atoms with Gasteiger partial charge in [0, 0.05) is 0 Å². The molecule has 1 fully saturated rings. The summed E-state index contributed by atoms with van der Waals surface area (Å²) in [6, 6.07) is 17.5. The molecule has 0 amide bonds. The summed E-state index contributed by atoms with van der Waals surface area (Å²) >= 11 is 0. The van der Waals surface area contributed by atoms with Crippen LogP contribution in [0.4, 0.5) is 0 Å². The molecule has 2 aromatic rings. The van der Waals surface area contributed by atoms with Crippen molar-refractivity contribution in [3.8, 4) is 5.75 Å². The molecule has 0 atom stereocenters. The van der Waals surface area contributed by atoms with Gasteiger partial charge in [-0.2, -0.15) is 0 Å². The van der Waals surface area contributed by atoms with Gasteiger partial charge in [-0.05, 0) is 68.7 Å². The first-order valence-corrected chi connectivity index (χ1v) is 8.11. The molecule has 1 nitrogen and oxygen atoms in total. The van der Waals surface area contributed by atoms with Crippen molar-refractivity contribution in [1.82, 2.24) is 0 Å². The van der Waals surface area contributed by atoms with Gasteiger partial charge in [0.05, 0.1) is 6.10 Å². The molecule has 1 heteroatoms. The van der Waals surface area contributed by atoms with Crippen LogP contribution in [-0.4, -0.2) is 6.10 Å². The van der Waals surface area contributed by atoms with Gasteiger partial charge in [-0.1, -0.05) is 42.0 Å². The molecule has 0 bridgehead atoms. The van der Waals surface area contributed by atoms with E-state index in [2.05, 4.69) is 55.5 Å². The Hall–Kier alpha value is -1.76. The van der Waals surface area contributed by atoms with Crippen LogP contribution in [-0.2, 0) is 12.8 Å². The van der Waals surface area contributed by atoms with Gasteiger partial charge in [0.15, 0.2) is 0 Å². The minimum atomic E-state index is 0.448. The molecule has 0 radical (unpaired) electrons.